The van der Waals surface area contributed by atoms with Crippen LogP contribution in [-0.2, 0) is 13.1 Å². The Morgan fingerprint density at radius 3 is 2.25 bits per heavy atom. The lowest BCUT2D eigenvalue weighted by Crippen LogP contribution is -2.32. The van der Waals surface area contributed by atoms with E-state index in [2.05, 4.69) is 59.2 Å². The molecular formula is C21H29N3. The molecule has 2 aromatic carbocycles. The molecule has 24 heavy (non-hydrogen) atoms. The van der Waals surface area contributed by atoms with Crippen molar-refractivity contribution in [1.29, 1.82) is 0 Å². The molecule has 1 saturated carbocycles. The number of hydrogen-bond donors (Lipinski definition) is 2. The minimum Gasteiger partial charge on any atom is -0.321 e. The molecule has 1 aliphatic rings. The third-order valence-corrected chi connectivity index (χ3v) is 4.95. The molecule has 2 N–H and O–H groups in total. The predicted octanol–water partition coefficient (Wildman–Crippen LogP) is 4.57. The standard InChI is InChI=1S/C21H29N3/c1-24(21-10-6-3-7-11-21)17-19-14-12-18(13-15-19)16-22-23-20-8-4-2-5-9-20/h2,4-5,8-9,12-15,21-23H,3,6-7,10-11,16-17H2,1H3. The van der Waals surface area contributed by atoms with Gasteiger partial charge in [0.2, 0.25) is 0 Å². The number of rotatable bonds is 7. The van der Waals surface area contributed by atoms with E-state index >= 15 is 0 Å². The zero-order chi connectivity index (χ0) is 16.6. The van der Waals surface area contributed by atoms with Crippen LogP contribution in [0.4, 0.5) is 5.69 Å². The number of para-hydroxylation sites is 1. The van der Waals surface area contributed by atoms with Crippen molar-refractivity contribution in [3.63, 3.8) is 0 Å². The fraction of sp³-hybridized carbons (Fsp3) is 0.429. The summed E-state index contributed by atoms with van der Waals surface area (Å²) in [5, 5.41) is 0. The van der Waals surface area contributed by atoms with Gasteiger partial charge in [-0.15, -0.1) is 0 Å². The summed E-state index contributed by atoms with van der Waals surface area (Å²) in [7, 11) is 2.27. The Hall–Kier alpha value is -1.84. The van der Waals surface area contributed by atoms with Crippen molar-refractivity contribution in [2.24, 2.45) is 0 Å². The number of nitrogens with zero attached hydrogens (tertiary/aromatic N) is 1. The Morgan fingerprint density at radius 2 is 1.54 bits per heavy atom. The molecule has 0 aliphatic heterocycles. The van der Waals surface area contributed by atoms with Gasteiger partial charge in [-0.1, -0.05) is 61.7 Å². The van der Waals surface area contributed by atoms with E-state index in [1.54, 1.807) is 0 Å². The third kappa shape index (κ3) is 5.08. The van der Waals surface area contributed by atoms with Gasteiger partial charge in [0.25, 0.3) is 0 Å². The molecule has 0 atom stereocenters. The van der Waals surface area contributed by atoms with Gasteiger partial charge >= 0.3 is 0 Å². The highest BCUT2D eigenvalue weighted by Crippen LogP contribution is 2.22. The molecule has 2 aromatic rings. The SMILES string of the molecule is CN(Cc1ccc(CNNc2ccccc2)cc1)C1CCCCC1. The largest absolute Gasteiger partial charge is 0.321 e. The van der Waals surface area contributed by atoms with Gasteiger partial charge in [-0.2, -0.15) is 0 Å². The van der Waals surface area contributed by atoms with E-state index in [1.807, 2.05) is 18.2 Å². The lowest BCUT2D eigenvalue weighted by atomic mass is 9.94. The van der Waals surface area contributed by atoms with Crippen LogP contribution in [0.2, 0.25) is 0 Å². The van der Waals surface area contributed by atoms with E-state index in [-0.39, 0.29) is 0 Å². The van der Waals surface area contributed by atoms with E-state index in [4.69, 9.17) is 0 Å². The molecule has 3 heteroatoms. The van der Waals surface area contributed by atoms with Crippen molar-refractivity contribution in [3.05, 3.63) is 65.7 Å². The lowest BCUT2D eigenvalue weighted by molar-refractivity contribution is 0.184. The average Bonchev–Trinajstić information content (AvgIpc) is 2.65. The Morgan fingerprint density at radius 1 is 0.875 bits per heavy atom. The zero-order valence-electron chi connectivity index (χ0n) is 14.7. The topological polar surface area (TPSA) is 27.3 Å². The number of benzene rings is 2. The molecule has 0 amide bonds. The Labute approximate surface area is 146 Å². The summed E-state index contributed by atoms with van der Waals surface area (Å²) in [5.74, 6) is 0. The molecule has 0 unspecified atom stereocenters. The molecule has 0 heterocycles. The molecule has 0 radical (unpaired) electrons. The molecular weight excluding hydrogens is 294 g/mol. The maximum atomic E-state index is 3.27. The van der Waals surface area contributed by atoms with Crippen LogP contribution in [0.15, 0.2) is 54.6 Å². The number of nitrogens with one attached hydrogen (secondary N) is 2. The van der Waals surface area contributed by atoms with Crippen LogP contribution >= 0.6 is 0 Å². The maximum Gasteiger partial charge on any atom is 0.0487 e. The van der Waals surface area contributed by atoms with E-state index in [9.17, 15) is 0 Å². The van der Waals surface area contributed by atoms with Crippen molar-refractivity contribution >= 4 is 5.69 Å². The van der Waals surface area contributed by atoms with E-state index in [1.165, 1.54) is 43.2 Å². The first kappa shape index (κ1) is 17.0. The molecule has 0 spiro atoms. The van der Waals surface area contributed by atoms with Crippen molar-refractivity contribution in [3.8, 4) is 0 Å². The van der Waals surface area contributed by atoms with Gasteiger partial charge in [-0.25, -0.2) is 5.43 Å². The summed E-state index contributed by atoms with van der Waals surface area (Å²) < 4.78 is 0. The zero-order valence-corrected chi connectivity index (χ0v) is 14.7. The van der Waals surface area contributed by atoms with Crippen molar-refractivity contribution in [2.75, 3.05) is 12.5 Å². The molecule has 3 rings (SSSR count). The third-order valence-electron chi connectivity index (χ3n) is 4.95. The molecule has 1 aliphatic carbocycles. The van der Waals surface area contributed by atoms with Crippen molar-refractivity contribution in [2.45, 2.75) is 51.2 Å². The maximum absolute atomic E-state index is 3.27. The summed E-state index contributed by atoms with van der Waals surface area (Å²) >= 11 is 0. The van der Waals surface area contributed by atoms with Crippen LogP contribution in [0.3, 0.4) is 0 Å². The summed E-state index contributed by atoms with van der Waals surface area (Å²) in [6, 6.07) is 19.9. The monoisotopic (exact) mass is 323 g/mol. The van der Waals surface area contributed by atoms with E-state index in [0.29, 0.717) is 0 Å². The van der Waals surface area contributed by atoms with Crippen LogP contribution in [-0.4, -0.2) is 18.0 Å². The smallest absolute Gasteiger partial charge is 0.0487 e. The predicted molar refractivity (Wildman–Crippen MR) is 102 cm³/mol. The van der Waals surface area contributed by atoms with Crippen LogP contribution in [0.25, 0.3) is 0 Å². The number of anilines is 1. The fourth-order valence-corrected chi connectivity index (χ4v) is 3.47. The normalized spacial score (nSPS) is 15.6. The summed E-state index contributed by atoms with van der Waals surface area (Å²) in [4.78, 5) is 2.53. The second-order valence-electron chi connectivity index (χ2n) is 6.87. The van der Waals surface area contributed by atoms with E-state index in [0.717, 1.165) is 24.8 Å². The summed E-state index contributed by atoms with van der Waals surface area (Å²) in [6.45, 7) is 1.87. The molecule has 128 valence electrons. The molecule has 0 saturated heterocycles. The number of hydrazine groups is 1. The van der Waals surface area contributed by atoms with Crippen LogP contribution in [0, 0.1) is 0 Å². The molecule has 1 fully saturated rings. The van der Waals surface area contributed by atoms with Crippen molar-refractivity contribution < 1.29 is 0 Å². The fourth-order valence-electron chi connectivity index (χ4n) is 3.47. The summed E-state index contributed by atoms with van der Waals surface area (Å²) in [6.07, 6.45) is 6.94. The molecule has 0 bridgehead atoms. The minimum absolute atomic E-state index is 0.773. The Balaban J connectivity index is 1.44. The Kier molecular flexibility index (Phi) is 6.27. The highest BCUT2D eigenvalue weighted by Gasteiger charge is 2.17. The van der Waals surface area contributed by atoms with Gasteiger partial charge < -0.3 is 5.43 Å². The van der Waals surface area contributed by atoms with Gasteiger partial charge in [0.1, 0.15) is 0 Å². The van der Waals surface area contributed by atoms with Gasteiger partial charge in [0.15, 0.2) is 0 Å². The lowest BCUT2D eigenvalue weighted by Gasteiger charge is -2.31. The second kappa shape index (κ2) is 8.86. The highest BCUT2D eigenvalue weighted by atomic mass is 15.3. The van der Waals surface area contributed by atoms with Gasteiger partial charge in [-0.05, 0) is 43.1 Å². The Bertz CT molecular complexity index is 588. The quantitative estimate of drug-likeness (QED) is 0.731. The first-order valence-electron chi connectivity index (χ1n) is 9.13. The van der Waals surface area contributed by atoms with E-state index < -0.39 is 0 Å². The van der Waals surface area contributed by atoms with Crippen LogP contribution in [0.1, 0.15) is 43.2 Å². The van der Waals surface area contributed by atoms with Gasteiger partial charge in [0.05, 0.1) is 0 Å². The van der Waals surface area contributed by atoms with Gasteiger partial charge in [-0.3, -0.25) is 4.90 Å². The average molecular weight is 323 g/mol. The molecule has 0 aromatic heterocycles. The number of hydrogen-bond acceptors (Lipinski definition) is 3. The van der Waals surface area contributed by atoms with Crippen LogP contribution < -0.4 is 10.9 Å². The van der Waals surface area contributed by atoms with Gasteiger partial charge in [0, 0.05) is 24.8 Å². The second-order valence-corrected chi connectivity index (χ2v) is 6.87. The summed E-state index contributed by atoms with van der Waals surface area (Å²) in [5.41, 5.74) is 10.3. The first-order chi connectivity index (χ1) is 11.8. The van der Waals surface area contributed by atoms with Crippen molar-refractivity contribution in [1.82, 2.24) is 10.3 Å². The first-order valence-corrected chi connectivity index (χ1v) is 9.13. The van der Waals surface area contributed by atoms with Crippen LogP contribution in [0.5, 0.6) is 0 Å². The minimum atomic E-state index is 0.773. The highest BCUT2D eigenvalue weighted by molar-refractivity contribution is 5.41. The molecule has 3 nitrogen and oxygen atoms in total.